The van der Waals surface area contributed by atoms with Gasteiger partial charge in [-0.25, -0.2) is 0 Å². The van der Waals surface area contributed by atoms with E-state index in [4.69, 9.17) is 27.9 Å². The lowest BCUT2D eigenvalue weighted by Crippen LogP contribution is -2.46. The molecule has 1 aromatic carbocycles. The maximum atomic E-state index is 12.7. The largest absolute Gasteiger partial charge is 0.383 e. The molecule has 0 N–H and O–H groups in total. The summed E-state index contributed by atoms with van der Waals surface area (Å²) >= 11 is 12.0. The summed E-state index contributed by atoms with van der Waals surface area (Å²) < 4.78 is 5.15. The topological polar surface area (TPSA) is 29.5 Å². The van der Waals surface area contributed by atoms with E-state index in [1.165, 1.54) is 0 Å². The molecular formula is C16H23Cl2NO2. The van der Waals surface area contributed by atoms with Gasteiger partial charge in [-0.15, -0.1) is 0 Å². The first-order chi connectivity index (χ1) is 9.92. The Morgan fingerprint density at radius 2 is 2.00 bits per heavy atom. The van der Waals surface area contributed by atoms with Crippen molar-refractivity contribution in [1.82, 2.24) is 4.90 Å². The summed E-state index contributed by atoms with van der Waals surface area (Å²) in [5.74, 6) is 0.00747. The number of halogens is 2. The summed E-state index contributed by atoms with van der Waals surface area (Å²) in [4.78, 5) is 14.8. The lowest BCUT2D eigenvalue weighted by atomic mass is 10.0. The van der Waals surface area contributed by atoms with Crippen LogP contribution in [0.5, 0.6) is 0 Å². The minimum atomic E-state index is -0.256. The van der Waals surface area contributed by atoms with Crippen molar-refractivity contribution in [2.75, 3.05) is 20.3 Å². The molecule has 0 radical (unpaired) electrons. The summed E-state index contributed by atoms with van der Waals surface area (Å²) in [5.41, 5.74) is 0.513. The van der Waals surface area contributed by atoms with Crippen LogP contribution in [0.25, 0.3) is 0 Å². The fourth-order valence-corrected chi connectivity index (χ4v) is 2.79. The van der Waals surface area contributed by atoms with Crippen LogP contribution in [-0.2, 0) is 4.74 Å². The zero-order valence-electron chi connectivity index (χ0n) is 13.0. The van der Waals surface area contributed by atoms with Crippen molar-refractivity contribution in [1.29, 1.82) is 0 Å². The second-order valence-electron chi connectivity index (χ2n) is 5.15. The fourth-order valence-electron chi connectivity index (χ4n) is 2.29. The number of ether oxygens (including phenoxy) is 1. The minimum Gasteiger partial charge on any atom is -0.383 e. The van der Waals surface area contributed by atoms with Gasteiger partial charge in [-0.05, 0) is 38.5 Å². The molecule has 0 amide bonds. The molecular weight excluding hydrogens is 309 g/mol. The van der Waals surface area contributed by atoms with E-state index in [0.29, 0.717) is 34.8 Å². The third-order valence-electron chi connectivity index (χ3n) is 3.78. The maximum Gasteiger partial charge on any atom is 0.181 e. The Labute approximate surface area is 137 Å². The number of benzene rings is 1. The quantitative estimate of drug-likeness (QED) is 0.664. The molecule has 0 spiro atoms. The first kappa shape index (κ1) is 18.4. The lowest BCUT2D eigenvalue weighted by molar-refractivity contribution is 0.0668. The number of rotatable bonds is 8. The van der Waals surface area contributed by atoms with E-state index in [1.807, 2.05) is 6.92 Å². The molecule has 0 aliphatic heterocycles. The highest BCUT2D eigenvalue weighted by atomic mass is 35.5. The Morgan fingerprint density at radius 1 is 1.33 bits per heavy atom. The van der Waals surface area contributed by atoms with E-state index >= 15 is 0 Å². The number of nitrogens with zero attached hydrogens (tertiary/aromatic N) is 1. The van der Waals surface area contributed by atoms with E-state index in [1.54, 1.807) is 25.3 Å². The Bertz CT molecular complexity index is 479. The van der Waals surface area contributed by atoms with Crippen molar-refractivity contribution < 1.29 is 9.53 Å². The smallest absolute Gasteiger partial charge is 0.181 e. The van der Waals surface area contributed by atoms with Gasteiger partial charge in [0.25, 0.3) is 0 Å². The molecule has 1 rings (SSSR count). The van der Waals surface area contributed by atoms with Crippen molar-refractivity contribution in [3.05, 3.63) is 33.8 Å². The summed E-state index contributed by atoms with van der Waals surface area (Å²) in [6.45, 7) is 7.44. The third-order valence-corrected chi connectivity index (χ3v) is 4.33. The molecule has 0 heterocycles. The monoisotopic (exact) mass is 331 g/mol. The van der Waals surface area contributed by atoms with E-state index in [0.717, 1.165) is 6.42 Å². The Hall–Kier alpha value is -0.610. The van der Waals surface area contributed by atoms with Crippen LogP contribution < -0.4 is 0 Å². The molecule has 5 heteroatoms. The molecule has 118 valence electrons. The fraction of sp³-hybridized carbons (Fsp3) is 0.562. The van der Waals surface area contributed by atoms with E-state index < -0.39 is 0 Å². The highest BCUT2D eigenvalue weighted by molar-refractivity contribution is 6.37. The van der Waals surface area contributed by atoms with Gasteiger partial charge in [-0.2, -0.15) is 0 Å². The van der Waals surface area contributed by atoms with Gasteiger partial charge in [0.15, 0.2) is 5.78 Å². The van der Waals surface area contributed by atoms with Crippen LogP contribution >= 0.6 is 23.2 Å². The predicted molar refractivity (Wildman–Crippen MR) is 88.6 cm³/mol. The normalized spacial score (nSPS) is 14.2. The van der Waals surface area contributed by atoms with Crippen LogP contribution in [0.3, 0.4) is 0 Å². The number of methoxy groups -OCH3 is 1. The Morgan fingerprint density at radius 3 is 2.52 bits per heavy atom. The molecule has 2 atom stereocenters. The van der Waals surface area contributed by atoms with Crippen molar-refractivity contribution in [2.45, 2.75) is 39.3 Å². The van der Waals surface area contributed by atoms with E-state index in [2.05, 4.69) is 18.7 Å². The van der Waals surface area contributed by atoms with Gasteiger partial charge in [0, 0.05) is 30.3 Å². The molecule has 0 saturated carbocycles. The number of hydrogen-bond acceptors (Lipinski definition) is 3. The van der Waals surface area contributed by atoms with E-state index in [-0.39, 0.29) is 11.8 Å². The van der Waals surface area contributed by atoms with Crippen molar-refractivity contribution >= 4 is 29.0 Å². The first-order valence-electron chi connectivity index (χ1n) is 7.16. The number of ketones is 1. The molecule has 0 aliphatic rings. The molecule has 0 bridgehead atoms. The molecule has 0 fully saturated rings. The van der Waals surface area contributed by atoms with Crippen LogP contribution in [0.2, 0.25) is 10.0 Å². The van der Waals surface area contributed by atoms with Gasteiger partial charge in [-0.1, -0.05) is 30.1 Å². The summed E-state index contributed by atoms with van der Waals surface area (Å²) in [6, 6.07) is 5.02. The van der Waals surface area contributed by atoms with Crippen LogP contribution in [0.15, 0.2) is 18.2 Å². The average Bonchev–Trinajstić information content (AvgIpc) is 2.46. The summed E-state index contributed by atoms with van der Waals surface area (Å²) in [6.07, 6.45) is 0.968. The van der Waals surface area contributed by atoms with Crippen LogP contribution in [0, 0.1) is 0 Å². The second kappa shape index (κ2) is 8.74. The minimum absolute atomic E-state index is 0.00747. The number of carbonyl (C=O) groups is 1. The zero-order valence-corrected chi connectivity index (χ0v) is 14.5. The van der Waals surface area contributed by atoms with Gasteiger partial charge in [0.1, 0.15) is 0 Å². The average molecular weight is 332 g/mol. The van der Waals surface area contributed by atoms with Crippen LogP contribution in [0.4, 0.5) is 0 Å². The van der Waals surface area contributed by atoms with Gasteiger partial charge < -0.3 is 4.74 Å². The highest BCUT2D eigenvalue weighted by Crippen LogP contribution is 2.24. The van der Waals surface area contributed by atoms with Crippen molar-refractivity contribution in [2.24, 2.45) is 0 Å². The van der Waals surface area contributed by atoms with Gasteiger partial charge in [-0.3, -0.25) is 9.69 Å². The highest BCUT2D eigenvalue weighted by Gasteiger charge is 2.26. The molecule has 0 aliphatic carbocycles. The van der Waals surface area contributed by atoms with Gasteiger partial charge in [0.2, 0.25) is 0 Å². The summed E-state index contributed by atoms with van der Waals surface area (Å²) in [5, 5.41) is 0.928. The molecule has 0 aromatic heterocycles. The van der Waals surface area contributed by atoms with Gasteiger partial charge in [0.05, 0.1) is 17.7 Å². The van der Waals surface area contributed by atoms with Crippen molar-refractivity contribution in [3.8, 4) is 0 Å². The summed E-state index contributed by atoms with van der Waals surface area (Å²) in [7, 11) is 1.66. The molecule has 0 saturated heterocycles. The molecule has 3 nitrogen and oxygen atoms in total. The van der Waals surface area contributed by atoms with Crippen LogP contribution in [-0.4, -0.2) is 43.0 Å². The van der Waals surface area contributed by atoms with E-state index in [9.17, 15) is 4.79 Å². The standard InChI is InChI=1S/C16H23Cl2NO2/c1-5-11(2)19(8-9-21-4)12(3)16(20)14-7-6-13(17)10-15(14)18/h6-7,10-12H,5,8-9H2,1-4H3. The predicted octanol–water partition coefficient (Wildman–Crippen LogP) is 4.31. The number of Topliss-reactive ketones (excluding diaryl/α,β-unsaturated/α-hetero) is 1. The third kappa shape index (κ3) is 4.96. The van der Waals surface area contributed by atoms with Gasteiger partial charge >= 0.3 is 0 Å². The maximum absolute atomic E-state index is 12.7. The molecule has 21 heavy (non-hydrogen) atoms. The Kier molecular flexibility index (Phi) is 7.67. The van der Waals surface area contributed by atoms with Crippen LogP contribution in [0.1, 0.15) is 37.6 Å². The molecule has 1 aromatic rings. The van der Waals surface area contributed by atoms with Crippen molar-refractivity contribution in [3.63, 3.8) is 0 Å². The zero-order chi connectivity index (χ0) is 16.0. The number of carbonyl (C=O) groups excluding carboxylic acids is 1. The first-order valence-corrected chi connectivity index (χ1v) is 7.91. The second-order valence-corrected chi connectivity index (χ2v) is 6.00. The lowest BCUT2D eigenvalue weighted by Gasteiger charge is -2.33. The number of hydrogen-bond donors (Lipinski definition) is 0. The Balaban J connectivity index is 2.96. The SMILES string of the molecule is CCC(C)N(CCOC)C(C)C(=O)c1ccc(Cl)cc1Cl. The molecule has 2 unspecified atom stereocenters.